The van der Waals surface area contributed by atoms with Gasteiger partial charge in [0.1, 0.15) is 0 Å². The number of rotatable bonds is 9. The summed E-state index contributed by atoms with van der Waals surface area (Å²) >= 11 is 0. The number of amides is 1. The highest BCUT2D eigenvalue weighted by atomic mass is 32.2. The fourth-order valence-electron chi connectivity index (χ4n) is 3.57. The monoisotopic (exact) mass is 461 g/mol. The zero-order chi connectivity index (χ0) is 23.1. The minimum Gasteiger partial charge on any atom is -0.493 e. The number of hydrogen-bond acceptors (Lipinski definition) is 6. The van der Waals surface area contributed by atoms with Crippen molar-refractivity contribution >= 4 is 21.6 Å². The number of carbonyl (C=O) groups excluding carboxylic acids is 1. The summed E-state index contributed by atoms with van der Waals surface area (Å²) in [4.78, 5) is 12.8. The summed E-state index contributed by atoms with van der Waals surface area (Å²) in [7, 11) is -0.326. The summed E-state index contributed by atoms with van der Waals surface area (Å²) in [5.74, 6) is 1.06. The molecule has 0 bridgehead atoms. The number of sulfonamides is 1. The second-order valence-corrected chi connectivity index (χ2v) is 9.71. The van der Waals surface area contributed by atoms with Gasteiger partial charge in [-0.05, 0) is 61.7 Å². The molecule has 2 N–H and O–H groups in total. The van der Waals surface area contributed by atoms with Crippen LogP contribution in [0.5, 0.6) is 11.5 Å². The average Bonchev–Trinajstić information content (AvgIpc) is 2.83. The number of anilines is 1. The maximum Gasteiger partial charge on any atom is 0.243 e. The van der Waals surface area contributed by atoms with Crippen LogP contribution in [-0.2, 0) is 21.4 Å². The van der Waals surface area contributed by atoms with Gasteiger partial charge in [-0.25, -0.2) is 8.42 Å². The van der Waals surface area contributed by atoms with Crippen LogP contribution in [0.4, 0.5) is 5.69 Å². The van der Waals surface area contributed by atoms with Crippen LogP contribution in [-0.4, -0.2) is 52.0 Å². The van der Waals surface area contributed by atoms with Crippen molar-refractivity contribution in [3.63, 3.8) is 0 Å². The molecule has 0 saturated carbocycles. The van der Waals surface area contributed by atoms with Crippen LogP contribution in [0.2, 0.25) is 0 Å². The van der Waals surface area contributed by atoms with Crippen molar-refractivity contribution in [3.8, 4) is 11.5 Å². The van der Waals surface area contributed by atoms with Crippen molar-refractivity contribution < 1.29 is 22.7 Å². The second-order valence-electron chi connectivity index (χ2n) is 7.77. The predicted octanol–water partition coefficient (Wildman–Crippen LogP) is 3.00. The van der Waals surface area contributed by atoms with E-state index in [1.54, 1.807) is 45.4 Å². The summed E-state index contributed by atoms with van der Waals surface area (Å²) in [6, 6.07) is 11.5. The fourth-order valence-corrected chi connectivity index (χ4v) is 5.09. The van der Waals surface area contributed by atoms with E-state index in [2.05, 4.69) is 10.6 Å². The van der Waals surface area contributed by atoms with Gasteiger partial charge >= 0.3 is 0 Å². The van der Waals surface area contributed by atoms with E-state index in [0.717, 1.165) is 24.8 Å². The van der Waals surface area contributed by atoms with Crippen LogP contribution in [0.1, 0.15) is 31.7 Å². The molecule has 2 aromatic carbocycles. The molecule has 9 heteroatoms. The molecule has 1 atom stereocenters. The van der Waals surface area contributed by atoms with E-state index >= 15 is 0 Å². The molecule has 1 saturated heterocycles. The van der Waals surface area contributed by atoms with E-state index in [9.17, 15) is 13.2 Å². The average molecular weight is 462 g/mol. The summed E-state index contributed by atoms with van der Waals surface area (Å²) < 4.78 is 37.6. The third kappa shape index (κ3) is 5.79. The Kier molecular flexibility index (Phi) is 8.11. The van der Waals surface area contributed by atoms with Crippen molar-refractivity contribution in [1.29, 1.82) is 0 Å². The van der Waals surface area contributed by atoms with Crippen molar-refractivity contribution in [2.24, 2.45) is 0 Å². The molecule has 8 nitrogen and oxygen atoms in total. The van der Waals surface area contributed by atoms with Crippen LogP contribution in [0.25, 0.3) is 0 Å². The number of benzene rings is 2. The van der Waals surface area contributed by atoms with Gasteiger partial charge < -0.3 is 20.1 Å². The van der Waals surface area contributed by atoms with E-state index < -0.39 is 16.1 Å². The summed E-state index contributed by atoms with van der Waals surface area (Å²) in [5, 5.41) is 6.00. The first-order valence-corrected chi connectivity index (χ1v) is 12.1. The van der Waals surface area contributed by atoms with Crippen LogP contribution in [0.3, 0.4) is 0 Å². The Hall–Kier alpha value is -2.62. The molecule has 1 amide bonds. The Morgan fingerprint density at radius 1 is 1.00 bits per heavy atom. The number of hydrogen-bond donors (Lipinski definition) is 2. The fraction of sp³-hybridized carbons (Fsp3) is 0.435. The first-order valence-electron chi connectivity index (χ1n) is 10.7. The topological polar surface area (TPSA) is 97.0 Å². The molecule has 174 valence electrons. The van der Waals surface area contributed by atoms with Gasteiger partial charge in [0.2, 0.25) is 15.9 Å². The maximum absolute atomic E-state index is 12.7. The maximum atomic E-state index is 12.7. The quantitative estimate of drug-likeness (QED) is 0.596. The lowest BCUT2D eigenvalue weighted by atomic mass is 10.2. The van der Waals surface area contributed by atoms with E-state index in [1.165, 1.54) is 4.31 Å². The molecule has 3 rings (SSSR count). The highest BCUT2D eigenvalue weighted by molar-refractivity contribution is 7.89. The van der Waals surface area contributed by atoms with Gasteiger partial charge in [0.25, 0.3) is 0 Å². The summed E-state index contributed by atoms with van der Waals surface area (Å²) in [6.07, 6.45) is 2.85. The van der Waals surface area contributed by atoms with Gasteiger partial charge in [-0.2, -0.15) is 4.31 Å². The number of methoxy groups -OCH3 is 2. The van der Waals surface area contributed by atoms with Gasteiger partial charge in [-0.1, -0.05) is 12.5 Å². The minimum atomic E-state index is -3.48. The van der Waals surface area contributed by atoms with Crippen molar-refractivity contribution in [1.82, 2.24) is 9.62 Å². The molecule has 1 aliphatic rings. The molecule has 0 radical (unpaired) electrons. The molecule has 0 aromatic heterocycles. The lowest BCUT2D eigenvalue weighted by Crippen LogP contribution is -2.37. The zero-order valence-electron chi connectivity index (χ0n) is 18.8. The van der Waals surface area contributed by atoms with Crippen LogP contribution in [0.15, 0.2) is 47.4 Å². The van der Waals surface area contributed by atoms with Gasteiger partial charge in [0.15, 0.2) is 11.5 Å². The first kappa shape index (κ1) is 24.0. The van der Waals surface area contributed by atoms with Gasteiger partial charge in [-0.15, -0.1) is 0 Å². The number of piperidine rings is 1. The highest BCUT2D eigenvalue weighted by Gasteiger charge is 2.25. The molecule has 32 heavy (non-hydrogen) atoms. The molecule has 1 fully saturated rings. The first-order chi connectivity index (χ1) is 15.3. The standard InChI is InChI=1S/C23H31N3O5S/c1-17(24-16-18-7-12-21(30-2)22(15-18)31-3)23(27)25-19-8-10-20(11-9-19)32(28,29)26-13-5-4-6-14-26/h7-12,15,17,24H,4-6,13-14,16H2,1-3H3,(H,25,27)/t17-/m0/s1. The molecule has 1 heterocycles. The SMILES string of the molecule is COc1ccc(CN[C@@H](C)C(=O)Nc2ccc(S(=O)(=O)N3CCCCC3)cc2)cc1OC. The largest absolute Gasteiger partial charge is 0.493 e. The summed E-state index contributed by atoms with van der Waals surface area (Å²) in [6.45, 7) is 3.36. The number of nitrogens with zero attached hydrogens (tertiary/aromatic N) is 1. The van der Waals surface area contributed by atoms with E-state index in [1.807, 2.05) is 18.2 Å². The number of nitrogens with one attached hydrogen (secondary N) is 2. The Morgan fingerprint density at radius 3 is 2.28 bits per heavy atom. The molecule has 0 aliphatic carbocycles. The Balaban J connectivity index is 1.56. The van der Waals surface area contributed by atoms with Crippen molar-refractivity contribution in [2.75, 3.05) is 32.6 Å². The highest BCUT2D eigenvalue weighted by Crippen LogP contribution is 2.27. The van der Waals surface area contributed by atoms with Crippen molar-refractivity contribution in [2.45, 2.75) is 43.7 Å². The lowest BCUT2D eigenvalue weighted by molar-refractivity contribution is -0.117. The minimum absolute atomic E-state index is 0.211. The second kappa shape index (κ2) is 10.8. The Labute approximate surface area is 190 Å². The van der Waals surface area contributed by atoms with E-state index in [0.29, 0.717) is 36.8 Å². The molecular weight excluding hydrogens is 430 g/mol. The van der Waals surface area contributed by atoms with Gasteiger partial charge in [-0.3, -0.25) is 4.79 Å². The van der Waals surface area contributed by atoms with E-state index in [-0.39, 0.29) is 10.8 Å². The van der Waals surface area contributed by atoms with Crippen LogP contribution in [0, 0.1) is 0 Å². The summed E-state index contributed by atoms with van der Waals surface area (Å²) in [5.41, 5.74) is 1.50. The Bertz CT molecular complexity index is 1020. The van der Waals surface area contributed by atoms with E-state index in [4.69, 9.17) is 9.47 Å². The third-order valence-corrected chi connectivity index (χ3v) is 7.44. The van der Waals surface area contributed by atoms with Crippen LogP contribution < -0.4 is 20.1 Å². The smallest absolute Gasteiger partial charge is 0.243 e. The number of carbonyl (C=O) groups is 1. The zero-order valence-corrected chi connectivity index (χ0v) is 19.6. The molecule has 1 aliphatic heterocycles. The Morgan fingerprint density at radius 2 is 1.66 bits per heavy atom. The molecular formula is C23H31N3O5S. The van der Waals surface area contributed by atoms with Crippen LogP contribution >= 0.6 is 0 Å². The molecule has 0 spiro atoms. The number of ether oxygens (including phenoxy) is 2. The molecule has 2 aromatic rings. The normalized spacial score (nSPS) is 15.7. The van der Waals surface area contributed by atoms with Crippen molar-refractivity contribution in [3.05, 3.63) is 48.0 Å². The molecule has 0 unspecified atom stereocenters. The third-order valence-electron chi connectivity index (χ3n) is 5.53. The van der Waals surface area contributed by atoms with Gasteiger partial charge in [0, 0.05) is 25.3 Å². The predicted molar refractivity (Wildman–Crippen MR) is 124 cm³/mol. The lowest BCUT2D eigenvalue weighted by Gasteiger charge is -2.25. The van der Waals surface area contributed by atoms with Gasteiger partial charge in [0.05, 0.1) is 25.2 Å².